The molecule has 0 aromatic heterocycles. The zero-order chi connectivity index (χ0) is 24.3. The Morgan fingerprint density at radius 2 is 1.40 bits per heavy atom. The van der Waals surface area contributed by atoms with Crippen molar-refractivity contribution in [1.82, 2.24) is 0 Å². The van der Waals surface area contributed by atoms with E-state index in [-0.39, 0.29) is 11.1 Å². The predicted octanol–water partition coefficient (Wildman–Crippen LogP) is 3.78. The summed E-state index contributed by atoms with van der Waals surface area (Å²) in [7, 11) is 0. The zero-order valence-corrected chi connectivity index (χ0v) is 18.8. The first kappa shape index (κ1) is 21.4. The first-order chi connectivity index (χ1) is 17.0. The molecule has 0 N–H and O–H groups in total. The summed E-state index contributed by atoms with van der Waals surface area (Å²) < 4.78 is 11.7. The van der Waals surface area contributed by atoms with E-state index in [2.05, 4.69) is 0 Å². The molecule has 0 bridgehead atoms. The van der Waals surface area contributed by atoms with Gasteiger partial charge in [-0.1, -0.05) is 54.6 Å². The lowest BCUT2D eigenvalue weighted by atomic mass is 9.77. The number of carbonyl (C=O) groups excluding carboxylic acids is 4. The van der Waals surface area contributed by atoms with Crippen LogP contribution in [0, 0.1) is 11.8 Å². The van der Waals surface area contributed by atoms with Crippen molar-refractivity contribution in [2.45, 2.75) is 18.6 Å². The molecule has 0 saturated carbocycles. The van der Waals surface area contributed by atoms with Crippen molar-refractivity contribution < 1.29 is 28.7 Å². The summed E-state index contributed by atoms with van der Waals surface area (Å²) in [5.41, 5.74) is -0.656. The van der Waals surface area contributed by atoms with Gasteiger partial charge in [0.05, 0.1) is 30.2 Å². The number of ketones is 2. The highest BCUT2D eigenvalue weighted by Crippen LogP contribution is 2.57. The number of anilines is 1. The van der Waals surface area contributed by atoms with Crippen molar-refractivity contribution in [2.24, 2.45) is 11.8 Å². The van der Waals surface area contributed by atoms with Crippen LogP contribution in [-0.4, -0.2) is 35.6 Å². The molecule has 3 aromatic rings. The smallest absolute Gasteiger partial charge is 0.241 e. The van der Waals surface area contributed by atoms with Crippen LogP contribution in [0.15, 0.2) is 78.9 Å². The number of carbonyl (C=O) groups is 4. The second kappa shape index (κ2) is 7.71. The second-order valence-electron chi connectivity index (χ2n) is 8.83. The number of hydrogen-bond donors (Lipinski definition) is 0. The maximum absolute atomic E-state index is 13.9. The lowest BCUT2D eigenvalue weighted by Gasteiger charge is -2.27. The molecule has 2 heterocycles. The molecule has 3 aliphatic rings. The summed E-state index contributed by atoms with van der Waals surface area (Å²) in [4.78, 5) is 56.2. The van der Waals surface area contributed by atoms with Crippen LogP contribution in [0.3, 0.4) is 0 Å². The maximum atomic E-state index is 13.9. The third kappa shape index (κ3) is 2.82. The highest BCUT2D eigenvalue weighted by molar-refractivity contribution is 6.37. The monoisotopic (exact) mass is 467 g/mol. The summed E-state index contributed by atoms with van der Waals surface area (Å²) in [5, 5.41) is 0. The van der Waals surface area contributed by atoms with E-state index in [0.29, 0.717) is 23.6 Å². The van der Waals surface area contributed by atoms with Crippen molar-refractivity contribution in [3.8, 4) is 5.75 Å². The number of benzene rings is 3. The number of fused-ring (bicyclic) bond motifs is 3. The minimum Gasteiger partial charge on any atom is -0.494 e. The molecule has 2 amide bonds. The Labute approximate surface area is 201 Å². The molecule has 3 aromatic carbocycles. The summed E-state index contributed by atoms with van der Waals surface area (Å²) in [5.74, 6) is -3.92. The van der Waals surface area contributed by atoms with Gasteiger partial charge in [-0.2, -0.15) is 0 Å². The Bertz CT molecular complexity index is 1350. The largest absolute Gasteiger partial charge is 0.494 e. The van der Waals surface area contributed by atoms with Gasteiger partial charge in [-0.3, -0.25) is 19.2 Å². The molecular formula is C28H21NO6. The van der Waals surface area contributed by atoms with Crippen molar-refractivity contribution in [2.75, 3.05) is 11.5 Å². The Morgan fingerprint density at radius 1 is 0.800 bits per heavy atom. The van der Waals surface area contributed by atoms with Crippen LogP contribution >= 0.6 is 0 Å². The summed E-state index contributed by atoms with van der Waals surface area (Å²) in [6.45, 7) is 2.34. The van der Waals surface area contributed by atoms with E-state index < -0.39 is 46.9 Å². The van der Waals surface area contributed by atoms with Crippen LogP contribution in [0.25, 0.3) is 0 Å². The van der Waals surface area contributed by atoms with E-state index in [9.17, 15) is 19.2 Å². The SMILES string of the molecule is CCOc1ccc(N2C(=O)[C@@H]3[C@@H](c4ccccc4)OC4(C(=O)c5ccccc5C4=O)[C@H]3C2=O)cc1. The van der Waals surface area contributed by atoms with Crippen molar-refractivity contribution in [3.63, 3.8) is 0 Å². The van der Waals surface area contributed by atoms with Gasteiger partial charge in [0.25, 0.3) is 0 Å². The number of amides is 2. The fourth-order valence-corrected chi connectivity index (χ4v) is 5.57. The number of nitrogens with zero attached hydrogens (tertiary/aromatic N) is 1. The van der Waals surface area contributed by atoms with Crippen molar-refractivity contribution in [1.29, 1.82) is 0 Å². The van der Waals surface area contributed by atoms with Crippen molar-refractivity contribution in [3.05, 3.63) is 95.6 Å². The molecule has 0 unspecified atom stereocenters. The van der Waals surface area contributed by atoms with Crippen LogP contribution in [0.4, 0.5) is 5.69 Å². The van der Waals surface area contributed by atoms with Crippen LogP contribution in [0.5, 0.6) is 5.75 Å². The summed E-state index contributed by atoms with van der Waals surface area (Å²) >= 11 is 0. The first-order valence-corrected chi connectivity index (χ1v) is 11.5. The molecule has 174 valence electrons. The zero-order valence-electron chi connectivity index (χ0n) is 18.8. The molecule has 35 heavy (non-hydrogen) atoms. The molecule has 0 radical (unpaired) electrons. The number of ether oxygens (including phenoxy) is 2. The summed E-state index contributed by atoms with van der Waals surface area (Å²) in [6.07, 6.45) is -0.924. The van der Waals surface area contributed by atoms with E-state index in [4.69, 9.17) is 9.47 Å². The number of Topliss-reactive ketones (excluding diaryl/α,β-unsaturated/α-hetero) is 2. The van der Waals surface area contributed by atoms with E-state index in [1.165, 1.54) is 0 Å². The fourth-order valence-electron chi connectivity index (χ4n) is 5.57. The molecule has 2 fully saturated rings. The topological polar surface area (TPSA) is 90.0 Å². The van der Waals surface area contributed by atoms with Gasteiger partial charge in [-0.05, 0) is 36.8 Å². The van der Waals surface area contributed by atoms with Gasteiger partial charge in [-0.25, -0.2) is 4.90 Å². The van der Waals surface area contributed by atoms with Crippen LogP contribution in [0.1, 0.15) is 39.3 Å². The van der Waals surface area contributed by atoms with Gasteiger partial charge >= 0.3 is 0 Å². The number of imide groups is 1. The third-order valence-corrected chi connectivity index (χ3v) is 7.05. The van der Waals surface area contributed by atoms with Gasteiger partial charge in [0.15, 0.2) is 0 Å². The average Bonchev–Trinajstić information content (AvgIpc) is 3.45. The molecule has 3 atom stereocenters. The van der Waals surface area contributed by atoms with Gasteiger partial charge < -0.3 is 9.47 Å². The van der Waals surface area contributed by atoms with E-state index >= 15 is 0 Å². The highest BCUT2D eigenvalue weighted by Gasteiger charge is 2.74. The minimum atomic E-state index is -2.07. The molecule has 2 aliphatic heterocycles. The normalized spacial score (nSPS) is 24.3. The maximum Gasteiger partial charge on any atom is 0.241 e. The van der Waals surface area contributed by atoms with E-state index in [0.717, 1.165) is 4.90 Å². The van der Waals surface area contributed by atoms with Crippen LogP contribution < -0.4 is 9.64 Å². The fraction of sp³-hybridized carbons (Fsp3) is 0.214. The molecule has 1 aliphatic carbocycles. The second-order valence-corrected chi connectivity index (χ2v) is 8.83. The van der Waals surface area contributed by atoms with Crippen molar-refractivity contribution >= 4 is 29.1 Å². The Kier molecular flexibility index (Phi) is 4.72. The van der Waals surface area contributed by atoms with Crippen LogP contribution in [0.2, 0.25) is 0 Å². The molecule has 7 nitrogen and oxygen atoms in total. The number of rotatable bonds is 4. The Balaban J connectivity index is 1.49. The van der Waals surface area contributed by atoms with Gasteiger partial charge in [-0.15, -0.1) is 0 Å². The lowest BCUT2D eigenvalue weighted by Crippen LogP contribution is -2.51. The lowest BCUT2D eigenvalue weighted by molar-refractivity contribution is -0.127. The summed E-state index contributed by atoms with van der Waals surface area (Å²) in [6, 6.07) is 22.0. The third-order valence-electron chi connectivity index (χ3n) is 7.05. The Hall–Kier alpha value is -4.10. The van der Waals surface area contributed by atoms with Gasteiger partial charge in [0, 0.05) is 11.1 Å². The standard InChI is InChI=1S/C28H21NO6/c1-2-34-18-14-12-17(13-15-18)29-26(32)21-22(27(29)33)28(35-23(21)16-8-4-3-5-9-16)24(30)19-10-6-7-11-20(19)25(28)31/h3-15,21-23H,2H2,1H3/t21-,22+,23+/m0/s1. The molecule has 7 heteroatoms. The van der Waals surface area contributed by atoms with Crippen LogP contribution in [-0.2, 0) is 14.3 Å². The molecule has 2 saturated heterocycles. The highest BCUT2D eigenvalue weighted by atomic mass is 16.5. The number of hydrogen-bond acceptors (Lipinski definition) is 6. The van der Waals surface area contributed by atoms with Gasteiger partial charge in [0.1, 0.15) is 5.75 Å². The average molecular weight is 467 g/mol. The minimum absolute atomic E-state index is 0.213. The predicted molar refractivity (Wildman–Crippen MR) is 125 cm³/mol. The van der Waals surface area contributed by atoms with E-state index in [1.54, 1.807) is 72.8 Å². The molecule has 1 spiro atoms. The first-order valence-electron chi connectivity index (χ1n) is 11.5. The molecular weight excluding hydrogens is 446 g/mol. The quantitative estimate of drug-likeness (QED) is 0.429. The molecule has 6 rings (SSSR count). The van der Waals surface area contributed by atoms with Gasteiger partial charge in [0.2, 0.25) is 29.0 Å². The Morgan fingerprint density at radius 3 is 2.00 bits per heavy atom. The van der Waals surface area contributed by atoms with E-state index in [1.807, 2.05) is 13.0 Å².